The Morgan fingerprint density at radius 3 is 2.32 bits per heavy atom. The first-order valence-electron chi connectivity index (χ1n) is 8.45. The van der Waals surface area contributed by atoms with Crippen molar-refractivity contribution >= 4 is 11.8 Å². The van der Waals surface area contributed by atoms with Gasteiger partial charge in [-0.25, -0.2) is 0 Å². The molecule has 0 saturated heterocycles. The fourth-order valence-electron chi connectivity index (χ4n) is 3.12. The average molecular weight is 338 g/mol. The summed E-state index contributed by atoms with van der Waals surface area (Å²) in [5.74, 6) is -1.41. The third-order valence-electron chi connectivity index (χ3n) is 4.58. The van der Waals surface area contributed by atoms with Gasteiger partial charge in [-0.1, -0.05) is 54.6 Å². The van der Waals surface area contributed by atoms with E-state index in [0.717, 1.165) is 17.5 Å². The number of amides is 2. The quantitative estimate of drug-likeness (QED) is 0.736. The van der Waals surface area contributed by atoms with Crippen LogP contribution >= 0.6 is 0 Å². The molecule has 0 fully saturated rings. The molecule has 5 heteroatoms. The Morgan fingerprint density at radius 2 is 1.56 bits per heavy atom. The van der Waals surface area contributed by atoms with Crippen molar-refractivity contribution in [3.05, 3.63) is 71.3 Å². The molecule has 0 radical (unpaired) electrons. The summed E-state index contributed by atoms with van der Waals surface area (Å²) in [5.41, 5.74) is 2.24. The number of nitrogens with one attached hydrogen (secondary N) is 2. The number of carbonyl (C=O) groups excluding carboxylic acids is 2. The van der Waals surface area contributed by atoms with E-state index in [1.54, 1.807) is 0 Å². The highest BCUT2D eigenvalue weighted by molar-refractivity contribution is 6.35. The molecule has 2 aromatic carbocycles. The zero-order valence-corrected chi connectivity index (χ0v) is 14.0. The number of rotatable bonds is 4. The molecule has 25 heavy (non-hydrogen) atoms. The maximum atomic E-state index is 12.0. The van der Waals surface area contributed by atoms with Crippen molar-refractivity contribution in [1.29, 1.82) is 0 Å². The van der Waals surface area contributed by atoms with Gasteiger partial charge in [-0.3, -0.25) is 9.59 Å². The van der Waals surface area contributed by atoms with Crippen molar-refractivity contribution < 1.29 is 14.7 Å². The Kier molecular flexibility index (Phi) is 5.14. The molecule has 0 spiro atoms. The summed E-state index contributed by atoms with van der Waals surface area (Å²) in [4.78, 5) is 23.8. The van der Waals surface area contributed by atoms with Crippen LogP contribution in [0.5, 0.6) is 0 Å². The molecule has 1 aliphatic carbocycles. The Bertz CT molecular complexity index is 761. The summed E-state index contributed by atoms with van der Waals surface area (Å²) in [7, 11) is 0. The molecule has 3 N–H and O–H groups in total. The van der Waals surface area contributed by atoms with Gasteiger partial charge in [0.05, 0.1) is 5.60 Å². The van der Waals surface area contributed by atoms with E-state index in [9.17, 15) is 14.7 Å². The van der Waals surface area contributed by atoms with Crippen LogP contribution in [0.4, 0.5) is 0 Å². The molecule has 0 heterocycles. The SMILES string of the molecule is O=C(NCc1ccccc1)C(=O)NCC1(O)CCc2ccccc2C1. The highest BCUT2D eigenvalue weighted by Crippen LogP contribution is 2.28. The summed E-state index contributed by atoms with van der Waals surface area (Å²) in [6, 6.07) is 17.4. The van der Waals surface area contributed by atoms with Gasteiger partial charge in [-0.2, -0.15) is 0 Å². The molecule has 0 bridgehead atoms. The number of benzene rings is 2. The van der Waals surface area contributed by atoms with Crippen molar-refractivity contribution in [3.8, 4) is 0 Å². The normalized spacial score (nSPS) is 18.9. The smallest absolute Gasteiger partial charge is 0.309 e. The molecule has 130 valence electrons. The van der Waals surface area contributed by atoms with Crippen LogP contribution in [0.2, 0.25) is 0 Å². The van der Waals surface area contributed by atoms with E-state index < -0.39 is 17.4 Å². The van der Waals surface area contributed by atoms with Gasteiger partial charge in [0.25, 0.3) is 0 Å². The average Bonchev–Trinajstić information content (AvgIpc) is 2.65. The summed E-state index contributed by atoms with van der Waals surface area (Å²) in [6.07, 6.45) is 1.81. The van der Waals surface area contributed by atoms with Gasteiger partial charge in [0, 0.05) is 19.5 Å². The fraction of sp³-hybridized carbons (Fsp3) is 0.300. The third-order valence-corrected chi connectivity index (χ3v) is 4.58. The second kappa shape index (κ2) is 7.49. The predicted molar refractivity (Wildman–Crippen MR) is 94.7 cm³/mol. The third kappa shape index (κ3) is 4.45. The topological polar surface area (TPSA) is 78.4 Å². The second-order valence-corrected chi connectivity index (χ2v) is 6.52. The predicted octanol–water partition coefficient (Wildman–Crippen LogP) is 1.34. The van der Waals surface area contributed by atoms with Crippen LogP contribution < -0.4 is 10.6 Å². The molecule has 2 aromatic rings. The number of hydrogen-bond acceptors (Lipinski definition) is 3. The summed E-state index contributed by atoms with van der Waals surface area (Å²) in [5, 5.41) is 15.9. The van der Waals surface area contributed by atoms with E-state index >= 15 is 0 Å². The van der Waals surface area contributed by atoms with Crippen LogP contribution in [0.3, 0.4) is 0 Å². The van der Waals surface area contributed by atoms with E-state index in [-0.39, 0.29) is 6.54 Å². The van der Waals surface area contributed by atoms with Gasteiger partial charge in [0.1, 0.15) is 0 Å². The minimum Gasteiger partial charge on any atom is -0.388 e. The summed E-state index contributed by atoms with van der Waals surface area (Å²) >= 11 is 0. The molecule has 3 rings (SSSR count). The van der Waals surface area contributed by atoms with Gasteiger partial charge in [-0.05, 0) is 29.5 Å². The number of aryl methyl sites for hydroxylation is 1. The lowest BCUT2D eigenvalue weighted by molar-refractivity contribution is -0.140. The number of hydrogen-bond donors (Lipinski definition) is 3. The number of carbonyl (C=O) groups is 2. The van der Waals surface area contributed by atoms with Crippen LogP contribution in [0.15, 0.2) is 54.6 Å². The zero-order chi connectivity index (χ0) is 17.7. The Hall–Kier alpha value is -2.66. The number of aliphatic hydroxyl groups is 1. The second-order valence-electron chi connectivity index (χ2n) is 6.52. The van der Waals surface area contributed by atoms with E-state index in [1.165, 1.54) is 5.56 Å². The Balaban J connectivity index is 1.49. The largest absolute Gasteiger partial charge is 0.388 e. The van der Waals surface area contributed by atoms with Crippen LogP contribution in [0, 0.1) is 0 Å². The zero-order valence-electron chi connectivity index (χ0n) is 14.0. The summed E-state index contributed by atoms with van der Waals surface area (Å²) < 4.78 is 0. The van der Waals surface area contributed by atoms with Crippen molar-refractivity contribution in [2.24, 2.45) is 0 Å². The van der Waals surface area contributed by atoms with Crippen molar-refractivity contribution in [3.63, 3.8) is 0 Å². The van der Waals surface area contributed by atoms with Gasteiger partial charge in [0.2, 0.25) is 0 Å². The first kappa shape index (κ1) is 17.2. The van der Waals surface area contributed by atoms with Crippen LogP contribution in [0.1, 0.15) is 23.1 Å². The molecule has 0 saturated carbocycles. The lowest BCUT2D eigenvalue weighted by Crippen LogP contribution is -2.50. The minimum absolute atomic E-state index is 0.0684. The first-order valence-corrected chi connectivity index (χ1v) is 8.45. The molecule has 2 amide bonds. The Morgan fingerprint density at radius 1 is 0.920 bits per heavy atom. The van der Waals surface area contributed by atoms with Gasteiger partial charge in [0.15, 0.2) is 0 Å². The standard InChI is InChI=1S/C20H22N2O3/c23-18(21-13-15-6-2-1-3-7-15)19(24)22-14-20(25)11-10-16-8-4-5-9-17(16)12-20/h1-9,25H,10-14H2,(H,21,23)(H,22,24). The fourth-order valence-corrected chi connectivity index (χ4v) is 3.12. The van der Waals surface area contributed by atoms with Gasteiger partial charge in [-0.15, -0.1) is 0 Å². The highest BCUT2D eigenvalue weighted by atomic mass is 16.3. The number of fused-ring (bicyclic) bond motifs is 1. The molecule has 1 aliphatic rings. The van der Waals surface area contributed by atoms with E-state index in [1.807, 2.05) is 48.5 Å². The lowest BCUT2D eigenvalue weighted by atomic mass is 9.80. The maximum Gasteiger partial charge on any atom is 0.309 e. The van der Waals surface area contributed by atoms with Crippen molar-refractivity contribution in [2.45, 2.75) is 31.4 Å². The highest BCUT2D eigenvalue weighted by Gasteiger charge is 2.32. The monoisotopic (exact) mass is 338 g/mol. The van der Waals surface area contributed by atoms with E-state index in [4.69, 9.17) is 0 Å². The van der Waals surface area contributed by atoms with E-state index in [2.05, 4.69) is 16.7 Å². The molecule has 0 aliphatic heterocycles. The van der Waals surface area contributed by atoms with Crippen molar-refractivity contribution in [1.82, 2.24) is 10.6 Å². The molecule has 5 nitrogen and oxygen atoms in total. The van der Waals surface area contributed by atoms with Gasteiger partial charge >= 0.3 is 11.8 Å². The van der Waals surface area contributed by atoms with E-state index in [0.29, 0.717) is 19.4 Å². The lowest BCUT2D eigenvalue weighted by Gasteiger charge is -2.33. The molecular formula is C20H22N2O3. The molecule has 0 aromatic heterocycles. The molecular weight excluding hydrogens is 316 g/mol. The van der Waals surface area contributed by atoms with Crippen LogP contribution in [-0.4, -0.2) is 29.1 Å². The minimum atomic E-state index is -1.01. The maximum absolute atomic E-state index is 12.0. The van der Waals surface area contributed by atoms with Gasteiger partial charge < -0.3 is 15.7 Å². The van der Waals surface area contributed by atoms with Crippen LogP contribution in [0.25, 0.3) is 0 Å². The first-order chi connectivity index (χ1) is 12.1. The molecule has 1 unspecified atom stereocenters. The Labute approximate surface area is 147 Å². The van der Waals surface area contributed by atoms with Crippen LogP contribution in [-0.2, 0) is 29.0 Å². The molecule has 1 atom stereocenters. The summed E-state index contributed by atoms with van der Waals surface area (Å²) in [6.45, 7) is 0.365. The van der Waals surface area contributed by atoms with Crippen molar-refractivity contribution in [2.75, 3.05) is 6.54 Å².